The van der Waals surface area contributed by atoms with E-state index in [-0.39, 0.29) is 11.4 Å². The van der Waals surface area contributed by atoms with Crippen molar-refractivity contribution in [2.24, 2.45) is 0 Å². The highest BCUT2D eigenvalue weighted by atomic mass is 32.2. The summed E-state index contributed by atoms with van der Waals surface area (Å²) in [7, 11) is 1.10. The number of rotatable bonds is 6. The van der Waals surface area contributed by atoms with Crippen LogP contribution in [-0.2, 0) is 25.1 Å². The summed E-state index contributed by atoms with van der Waals surface area (Å²) < 4.78 is 27.8. The van der Waals surface area contributed by atoms with E-state index < -0.39 is 28.5 Å². The molecule has 1 amide bonds. The molecule has 0 aliphatic carbocycles. The second kappa shape index (κ2) is 8.43. The van der Waals surface area contributed by atoms with Crippen molar-refractivity contribution in [1.82, 2.24) is 10.6 Å². The number of hydrogen-bond donors (Lipinski definition) is 2. The topological polar surface area (TPSA) is 103 Å². The molecule has 1 aromatic rings. The molecule has 1 aromatic carbocycles. The van der Waals surface area contributed by atoms with Gasteiger partial charge in [-0.05, 0) is 39.0 Å². The van der Waals surface area contributed by atoms with Crippen LogP contribution >= 0.6 is 0 Å². The number of amides is 1. The molecule has 2 rings (SSSR count). The summed E-state index contributed by atoms with van der Waals surface area (Å²) in [5.41, 5.74) is 0.418. The lowest BCUT2D eigenvalue weighted by Gasteiger charge is -2.20. The summed E-state index contributed by atoms with van der Waals surface area (Å²) in [6.07, 6.45) is -0.538. The third kappa shape index (κ3) is 5.00. The molecule has 27 heavy (non-hydrogen) atoms. The average molecular weight is 396 g/mol. The second-order valence-electron chi connectivity index (χ2n) is 6.68. The summed E-state index contributed by atoms with van der Waals surface area (Å²) in [4.78, 5) is 24.4. The van der Waals surface area contributed by atoms with Crippen LogP contribution in [0.1, 0.15) is 26.3 Å². The molecule has 8 nitrogen and oxygen atoms in total. The summed E-state index contributed by atoms with van der Waals surface area (Å²) in [5.74, 6) is -0.103. The lowest BCUT2D eigenvalue weighted by molar-refractivity contribution is -0.135. The summed E-state index contributed by atoms with van der Waals surface area (Å²) in [5, 5.41) is 5.68. The maximum Gasteiger partial charge on any atom is 0.407 e. The van der Waals surface area contributed by atoms with Crippen molar-refractivity contribution in [3.05, 3.63) is 28.7 Å². The van der Waals surface area contributed by atoms with Crippen molar-refractivity contribution in [3.63, 3.8) is 0 Å². The number of hydrogen-bond acceptors (Lipinski definition) is 7. The van der Waals surface area contributed by atoms with Crippen LogP contribution in [0.2, 0.25) is 0 Å². The van der Waals surface area contributed by atoms with E-state index in [0.717, 1.165) is 0 Å². The predicted octanol–water partition coefficient (Wildman–Crippen LogP) is 1.77. The Morgan fingerprint density at radius 3 is 2.44 bits per heavy atom. The normalized spacial score (nSPS) is 15.8. The molecule has 0 bridgehead atoms. The van der Waals surface area contributed by atoms with Gasteiger partial charge in [-0.3, -0.25) is 0 Å². The first-order valence-corrected chi connectivity index (χ1v) is 9.46. The van der Waals surface area contributed by atoms with Gasteiger partial charge in [-0.25, -0.2) is 13.8 Å². The van der Waals surface area contributed by atoms with Crippen molar-refractivity contribution in [3.8, 4) is 5.75 Å². The minimum Gasteiger partial charge on any atom is -0.497 e. The highest BCUT2D eigenvalue weighted by Crippen LogP contribution is 2.37. The number of carbonyl (C=O) groups excluding carboxylic acids is 2. The minimum absolute atomic E-state index is 0.0398. The molecule has 0 fully saturated rings. The van der Waals surface area contributed by atoms with Gasteiger partial charge in [-0.15, -0.1) is 0 Å². The molecule has 0 radical (unpaired) electrons. The molecule has 0 saturated carbocycles. The zero-order chi connectivity index (χ0) is 20.2. The van der Waals surface area contributed by atoms with E-state index in [4.69, 9.17) is 14.2 Å². The van der Waals surface area contributed by atoms with Gasteiger partial charge in [0.05, 0.1) is 35.6 Å². The first kappa shape index (κ1) is 20.8. The smallest absolute Gasteiger partial charge is 0.407 e. The number of benzene rings is 1. The Balaban J connectivity index is 2.14. The van der Waals surface area contributed by atoms with E-state index in [2.05, 4.69) is 10.6 Å². The third-order valence-electron chi connectivity index (χ3n) is 3.53. The Morgan fingerprint density at radius 2 is 1.85 bits per heavy atom. The molecule has 1 unspecified atom stereocenters. The van der Waals surface area contributed by atoms with Gasteiger partial charge >= 0.3 is 12.1 Å². The molecule has 0 spiro atoms. The second-order valence-corrected chi connectivity index (χ2v) is 8.07. The highest BCUT2D eigenvalue weighted by molar-refractivity contribution is 7.90. The van der Waals surface area contributed by atoms with E-state index in [1.807, 2.05) is 0 Å². The van der Waals surface area contributed by atoms with Gasteiger partial charge in [-0.1, -0.05) is 0 Å². The van der Waals surface area contributed by atoms with Crippen molar-refractivity contribution in [1.29, 1.82) is 0 Å². The van der Waals surface area contributed by atoms with Crippen LogP contribution in [0.15, 0.2) is 28.0 Å². The van der Waals surface area contributed by atoms with Gasteiger partial charge in [0.2, 0.25) is 0 Å². The molecular weight excluding hydrogens is 372 g/mol. The van der Waals surface area contributed by atoms with Gasteiger partial charge in [0.15, 0.2) is 4.91 Å². The predicted molar refractivity (Wildman–Crippen MR) is 101 cm³/mol. The van der Waals surface area contributed by atoms with Crippen LogP contribution in [0.3, 0.4) is 0 Å². The Morgan fingerprint density at radius 1 is 1.15 bits per heavy atom. The standard InChI is InChI=1S/C18H24N2O6S/c1-18(2,3)26-17(22)20-9-8-19-14-12-10-11(24-4)6-7-13(12)27(23)15(14)16(21)25-5/h6-7,10,19H,8-9H2,1-5H3,(H,20,22). The molecule has 1 aliphatic heterocycles. The molecule has 1 atom stereocenters. The molecular formula is C18H24N2O6S. The van der Waals surface area contributed by atoms with Crippen LogP contribution in [-0.4, -0.2) is 49.2 Å². The monoisotopic (exact) mass is 396 g/mol. The average Bonchev–Trinajstić information content (AvgIpc) is 2.88. The summed E-state index contributed by atoms with van der Waals surface area (Å²) >= 11 is 0. The Bertz CT molecular complexity index is 798. The fourth-order valence-electron chi connectivity index (χ4n) is 2.43. The quantitative estimate of drug-likeness (QED) is 0.558. The highest BCUT2D eigenvalue weighted by Gasteiger charge is 2.34. The van der Waals surface area contributed by atoms with E-state index in [1.165, 1.54) is 14.2 Å². The minimum atomic E-state index is -1.66. The molecule has 0 saturated heterocycles. The van der Waals surface area contributed by atoms with Crippen molar-refractivity contribution >= 4 is 28.6 Å². The molecule has 0 aromatic heterocycles. The largest absolute Gasteiger partial charge is 0.497 e. The van der Waals surface area contributed by atoms with Crippen molar-refractivity contribution < 1.29 is 28.0 Å². The first-order chi connectivity index (χ1) is 12.7. The van der Waals surface area contributed by atoms with Gasteiger partial charge in [0.25, 0.3) is 0 Å². The molecule has 1 aliphatic rings. The number of fused-ring (bicyclic) bond motifs is 1. The maximum atomic E-state index is 12.7. The van der Waals surface area contributed by atoms with E-state index in [1.54, 1.807) is 39.0 Å². The lowest BCUT2D eigenvalue weighted by Crippen LogP contribution is -2.36. The van der Waals surface area contributed by atoms with Crippen molar-refractivity contribution in [2.45, 2.75) is 31.3 Å². The van der Waals surface area contributed by atoms with E-state index >= 15 is 0 Å². The Kier molecular flexibility index (Phi) is 6.48. The van der Waals surface area contributed by atoms with E-state index in [0.29, 0.717) is 28.5 Å². The third-order valence-corrected chi connectivity index (χ3v) is 5.03. The van der Waals surface area contributed by atoms with Crippen LogP contribution in [0, 0.1) is 0 Å². The lowest BCUT2D eigenvalue weighted by atomic mass is 10.1. The summed E-state index contributed by atoms with van der Waals surface area (Å²) in [6, 6.07) is 5.03. The number of carbonyl (C=O) groups is 2. The summed E-state index contributed by atoms with van der Waals surface area (Å²) in [6.45, 7) is 5.87. The SMILES string of the molecule is COC(=O)C1=C(NCCNC(=O)OC(C)(C)C)c2cc(OC)ccc2S1=O. The van der Waals surface area contributed by atoms with Crippen LogP contribution in [0.4, 0.5) is 4.79 Å². The number of esters is 1. The molecule has 1 heterocycles. The van der Waals surface area contributed by atoms with Crippen molar-refractivity contribution in [2.75, 3.05) is 27.3 Å². The molecule has 2 N–H and O–H groups in total. The Labute approximate surface area is 160 Å². The van der Waals surface area contributed by atoms with Gasteiger partial charge in [-0.2, -0.15) is 0 Å². The molecule has 9 heteroatoms. The molecule has 148 valence electrons. The van der Waals surface area contributed by atoms with Gasteiger partial charge in [0, 0.05) is 18.7 Å². The Hall–Kier alpha value is -2.55. The van der Waals surface area contributed by atoms with Crippen LogP contribution in [0.5, 0.6) is 5.75 Å². The number of methoxy groups -OCH3 is 2. The number of nitrogens with one attached hydrogen (secondary N) is 2. The van der Waals surface area contributed by atoms with Crippen LogP contribution < -0.4 is 15.4 Å². The zero-order valence-corrected chi connectivity index (χ0v) is 16.8. The zero-order valence-electron chi connectivity index (χ0n) is 16.0. The fourth-order valence-corrected chi connectivity index (χ4v) is 3.80. The fraction of sp³-hybridized carbons (Fsp3) is 0.444. The first-order valence-electron chi connectivity index (χ1n) is 8.31. The number of alkyl carbamates (subject to hydrolysis) is 1. The maximum absolute atomic E-state index is 12.7. The van der Waals surface area contributed by atoms with E-state index in [9.17, 15) is 13.8 Å². The number of ether oxygens (including phenoxy) is 3. The van der Waals surface area contributed by atoms with Gasteiger partial charge < -0.3 is 24.8 Å². The van der Waals surface area contributed by atoms with Gasteiger partial charge in [0.1, 0.15) is 11.4 Å². The van der Waals surface area contributed by atoms with Crippen LogP contribution in [0.25, 0.3) is 5.70 Å².